The van der Waals surface area contributed by atoms with Crippen molar-refractivity contribution >= 4 is 5.70 Å². The molecule has 0 aromatic heterocycles. The Hall–Kier alpha value is -2.18. The van der Waals surface area contributed by atoms with Crippen LogP contribution >= 0.6 is 0 Å². The number of hydrazine groups is 2. The SMILES string of the molecule is Cc1cc(C#CCN2CC(C)(C)C2)ccc1C1=CN(CC2OCC(F)(F)CO2)NN1. The van der Waals surface area contributed by atoms with Crippen LogP contribution in [-0.4, -0.2) is 61.5 Å². The summed E-state index contributed by atoms with van der Waals surface area (Å²) in [7, 11) is 0. The summed E-state index contributed by atoms with van der Waals surface area (Å²) < 4.78 is 36.4. The van der Waals surface area contributed by atoms with E-state index < -0.39 is 25.4 Å². The monoisotopic (exact) mass is 418 g/mol. The van der Waals surface area contributed by atoms with Gasteiger partial charge in [-0.25, -0.2) is 8.78 Å². The molecule has 8 heteroatoms. The number of benzene rings is 1. The largest absolute Gasteiger partial charge is 0.344 e. The lowest BCUT2D eigenvalue weighted by molar-refractivity contribution is -0.270. The van der Waals surface area contributed by atoms with Crippen LogP contribution in [0.2, 0.25) is 0 Å². The molecule has 0 aliphatic carbocycles. The van der Waals surface area contributed by atoms with Gasteiger partial charge in [0, 0.05) is 30.4 Å². The molecule has 3 aliphatic heterocycles. The van der Waals surface area contributed by atoms with Crippen molar-refractivity contribution in [1.82, 2.24) is 20.9 Å². The summed E-state index contributed by atoms with van der Waals surface area (Å²) in [6, 6.07) is 6.11. The second-order valence-electron chi connectivity index (χ2n) is 8.98. The summed E-state index contributed by atoms with van der Waals surface area (Å²) in [5, 5.41) is 1.73. The lowest BCUT2D eigenvalue weighted by Crippen LogP contribution is -2.52. The van der Waals surface area contributed by atoms with Crippen molar-refractivity contribution in [3.63, 3.8) is 0 Å². The Morgan fingerprint density at radius 1 is 1.20 bits per heavy atom. The van der Waals surface area contributed by atoms with E-state index in [1.807, 2.05) is 25.3 Å². The predicted molar refractivity (Wildman–Crippen MR) is 110 cm³/mol. The van der Waals surface area contributed by atoms with Crippen LogP contribution in [0.5, 0.6) is 0 Å². The summed E-state index contributed by atoms with van der Waals surface area (Å²) in [6.07, 6.45) is 1.17. The highest BCUT2D eigenvalue weighted by molar-refractivity contribution is 5.68. The van der Waals surface area contributed by atoms with E-state index >= 15 is 0 Å². The van der Waals surface area contributed by atoms with Gasteiger partial charge >= 0.3 is 0 Å². The van der Waals surface area contributed by atoms with Crippen molar-refractivity contribution in [2.24, 2.45) is 5.41 Å². The minimum atomic E-state index is -2.91. The summed E-state index contributed by atoms with van der Waals surface area (Å²) in [4.78, 5) is 2.35. The molecular formula is C22H28F2N4O2. The number of aryl methyl sites for hydroxylation is 1. The first kappa shape index (κ1) is 21.1. The minimum absolute atomic E-state index is 0.294. The fraction of sp³-hybridized carbons (Fsp3) is 0.545. The van der Waals surface area contributed by atoms with Gasteiger partial charge in [0.1, 0.15) is 13.2 Å². The molecule has 2 fully saturated rings. The molecule has 3 aliphatic rings. The second-order valence-corrected chi connectivity index (χ2v) is 8.98. The topological polar surface area (TPSA) is 49.0 Å². The summed E-state index contributed by atoms with van der Waals surface area (Å²) >= 11 is 0. The van der Waals surface area contributed by atoms with Crippen molar-refractivity contribution in [3.05, 3.63) is 41.1 Å². The molecule has 0 amide bonds. The Bertz CT molecular complexity index is 873. The molecule has 162 valence electrons. The van der Waals surface area contributed by atoms with Gasteiger partial charge in [0.05, 0.1) is 18.8 Å². The fourth-order valence-corrected chi connectivity index (χ4v) is 3.95. The van der Waals surface area contributed by atoms with E-state index in [0.29, 0.717) is 12.0 Å². The molecule has 1 aromatic carbocycles. The van der Waals surface area contributed by atoms with E-state index in [1.54, 1.807) is 5.01 Å². The number of halogens is 2. The maximum absolute atomic E-state index is 13.1. The van der Waals surface area contributed by atoms with E-state index in [0.717, 1.165) is 42.0 Å². The van der Waals surface area contributed by atoms with Gasteiger partial charge in [0.15, 0.2) is 6.29 Å². The first-order valence-electron chi connectivity index (χ1n) is 10.1. The summed E-state index contributed by atoms with van der Waals surface area (Å²) in [6.45, 7) is 8.64. The van der Waals surface area contributed by atoms with Gasteiger partial charge in [-0.3, -0.25) is 9.91 Å². The van der Waals surface area contributed by atoms with E-state index in [4.69, 9.17) is 9.47 Å². The maximum atomic E-state index is 13.1. The highest BCUT2D eigenvalue weighted by atomic mass is 19.3. The predicted octanol–water partition coefficient (Wildman–Crippen LogP) is 2.32. The standard InChI is InChI=1S/C22H28F2N4O2/c1-16-9-17(5-4-8-27-12-21(2,3)13-27)6-7-18(16)19-10-28(26-25-19)11-20-29-14-22(23,24)15-30-20/h6-7,9-10,20,25-26H,8,11-15H2,1-3H3. The van der Waals surface area contributed by atoms with Gasteiger partial charge < -0.3 is 14.9 Å². The average molecular weight is 418 g/mol. The van der Waals surface area contributed by atoms with Gasteiger partial charge in [0.25, 0.3) is 5.92 Å². The molecular weight excluding hydrogens is 390 g/mol. The van der Waals surface area contributed by atoms with Crippen molar-refractivity contribution in [2.75, 3.05) is 39.4 Å². The lowest BCUT2D eigenvalue weighted by Gasteiger charge is -2.44. The van der Waals surface area contributed by atoms with Crippen LogP contribution in [0, 0.1) is 24.2 Å². The van der Waals surface area contributed by atoms with Crippen molar-refractivity contribution in [3.8, 4) is 11.8 Å². The Kier molecular flexibility index (Phi) is 5.73. The van der Waals surface area contributed by atoms with Gasteiger partial charge in [-0.1, -0.05) is 31.8 Å². The summed E-state index contributed by atoms with van der Waals surface area (Å²) in [5.74, 6) is 3.59. The zero-order chi connectivity index (χ0) is 21.4. The molecule has 0 atom stereocenters. The molecule has 1 aromatic rings. The third-order valence-corrected chi connectivity index (χ3v) is 5.28. The Balaban J connectivity index is 1.32. The van der Waals surface area contributed by atoms with E-state index in [9.17, 15) is 8.78 Å². The van der Waals surface area contributed by atoms with Crippen molar-refractivity contribution in [1.29, 1.82) is 0 Å². The molecule has 0 saturated carbocycles. The third-order valence-electron chi connectivity index (χ3n) is 5.28. The number of alkyl halides is 2. The Labute approximate surface area is 176 Å². The van der Waals surface area contributed by atoms with Crippen molar-refractivity contribution in [2.45, 2.75) is 33.0 Å². The average Bonchev–Trinajstić information content (AvgIpc) is 3.10. The first-order valence-corrected chi connectivity index (χ1v) is 10.1. The number of hydrogen-bond acceptors (Lipinski definition) is 6. The molecule has 0 unspecified atom stereocenters. The fourth-order valence-electron chi connectivity index (χ4n) is 3.95. The lowest BCUT2D eigenvalue weighted by atomic mass is 9.84. The Morgan fingerprint density at radius 2 is 1.93 bits per heavy atom. The third kappa shape index (κ3) is 5.10. The van der Waals surface area contributed by atoms with Gasteiger partial charge in [0.2, 0.25) is 0 Å². The number of nitrogens with one attached hydrogen (secondary N) is 2. The quantitative estimate of drug-likeness (QED) is 0.732. The van der Waals surface area contributed by atoms with Crippen LogP contribution in [0.1, 0.15) is 30.5 Å². The molecule has 0 bridgehead atoms. The molecule has 3 heterocycles. The number of nitrogens with zero attached hydrogens (tertiary/aromatic N) is 2. The summed E-state index contributed by atoms with van der Waals surface area (Å²) in [5.41, 5.74) is 10.5. The first-order chi connectivity index (χ1) is 14.2. The highest BCUT2D eigenvalue weighted by Gasteiger charge is 2.37. The zero-order valence-corrected chi connectivity index (χ0v) is 17.6. The van der Waals surface area contributed by atoms with Crippen LogP contribution < -0.4 is 11.0 Å². The minimum Gasteiger partial charge on any atom is -0.344 e. The Morgan fingerprint density at radius 3 is 2.60 bits per heavy atom. The van der Waals surface area contributed by atoms with Crippen LogP contribution in [-0.2, 0) is 9.47 Å². The zero-order valence-electron chi connectivity index (χ0n) is 17.6. The smallest absolute Gasteiger partial charge is 0.293 e. The maximum Gasteiger partial charge on any atom is 0.293 e. The highest BCUT2D eigenvalue weighted by Crippen LogP contribution is 2.28. The van der Waals surface area contributed by atoms with Crippen molar-refractivity contribution < 1.29 is 18.3 Å². The van der Waals surface area contributed by atoms with Gasteiger partial charge in [-0.15, -0.1) is 5.53 Å². The number of hydrogen-bond donors (Lipinski definition) is 2. The van der Waals surface area contributed by atoms with Crippen LogP contribution in [0.4, 0.5) is 8.78 Å². The molecule has 0 spiro atoms. The molecule has 0 radical (unpaired) electrons. The molecule has 4 rings (SSSR count). The number of ether oxygens (including phenoxy) is 2. The van der Waals surface area contributed by atoms with E-state index in [1.165, 1.54) is 0 Å². The van der Waals surface area contributed by atoms with Gasteiger partial charge in [-0.2, -0.15) is 0 Å². The molecule has 2 N–H and O–H groups in total. The van der Waals surface area contributed by atoms with Crippen LogP contribution in [0.25, 0.3) is 5.70 Å². The normalized spacial score (nSPS) is 23.2. The van der Waals surface area contributed by atoms with Gasteiger partial charge in [-0.05, 0) is 30.0 Å². The molecule has 30 heavy (non-hydrogen) atoms. The van der Waals surface area contributed by atoms with E-state index in [-0.39, 0.29) is 0 Å². The van der Waals surface area contributed by atoms with E-state index in [2.05, 4.69) is 47.6 Å². The second kappa shape index (κ2) is 8.16. The van der Waals surface area contributed by atoms with Crippen LogP contribution in [0.3, 0.4) is 0 Å². The molecule has 2 saturated heterocycles. The number of likely N-dealkylation sites (tertiary alicyclic amines) is 1. The van der Waals surface area contributed by atoms with Crippen LogP contribution in [0.15, 0.2) is 24.4 Å². The number of rotatable bonds is 4. The molecule has 6 nitrogen and oxygen atoms in total.